The second-order valence-corrected chi connectivity index (χ2v) is 6.02. The molecule has 0 amide bonds. The summed E-state index contributed by atoms with van der Waals surface area (Å²) in [5.41, 5.74) is 5.28. The van der Waals surface area contributed by atoms with Gasteiger partial charge in [0.05, 0.1) is 0 Å². The Labute approximate surface area is 143 Å². The summed E-state index contributed by atoms with van der Waals surface area (Å²) in [5.74, 6) is -0.111. The van der Waals surface area contributed by atoms with Gasteiger partial charge in [0.25, 0.3) is 0 Å². The zero-order chi connectivity index (χ0) is 17.0. The Morgan fingerprint density at radius 2 is 1.43 bits per heavy atom. The molecule has 0 aliphatic heterocycles. The maximum absolute atomic E-state index is 11.2. The number of nitrogens with two attached hydrogens (primary N) is 1. The number of unbranched alkanes of at least 4 members (excludes halogenated alkanes) is 9. The lowest BCUT2D eigenvalue weighted by Gasteiger charge is -2.02. The van der Waals surface area contributed by atoms with Crippen LogP contribution in [0.4, 0.5) is 0 Å². The minimum absolute atomic E-state index is 0.111. The third-order valence-electron chi connectivity index (χ3n) is 3.74. The van der Waals surface area contributed by atoms with Crippen LogP contribution in [0, 0.1) is 0 Å². The van der Waals surface area contributed by atoms with E-state index in [-0.39, 0.29) is 5.97 Å². The Bertz CT molecular complexity index is 311. The Hall–Kier alpha value is -1.09. The minimum Gasteiger partial charge on any atom is -0.464 e. The molecule has 3 nitrogen and oxygen atoms in total. The molecular formula is C20H37NO2. The Kier molecular flexibility index (Phi) is 18.1. The van der Waals surface area contributed by atoms with Crippen molar-refractivity contribution in [1.82, 2.24) is 0 Å². The fourth-order valence-electron chi connectivity index (χ4n) is 2.35. The van der Waals surface area contributed by atoms with Gasteiger partial charge >= 0.3 is 5.97 Å². The molecule has 0 heterocycles. The van der Waals surface area contributed by atoms with E-state index in [1.807, 2.05) is 0 Å². The van der Waals surface area contributed by atoms with E-state index in [0.29, 0.717) is 19.6 Å². The molecule has 0 rings (SSSR count). The van der Waals surface area contributed by atoms with E-state index in [2.05, 4.69) is 31.2 Å². The number of carbonyl (C=O) groups excluding carboxylic acids is 1. The molecule has 0 radical (unpaired) electrons. The summed E-state index contributed by atoms with van der Waals surface area (Å²) in [7, 11) is 0. The highest BCUT2D eigenvalue weighted by Crippen LogP contribution is 2.08. The van der Waals surface area contributed by atoms with Gasteiger partial charge in [-0.3, -0.25) is 4.79 Å². The van der Waals surface area contributed by atoms with Crippen molar-refractivity contribution in [3.63, 3.8) is 0 Å². The molecule has 0 spiro atoms. The molecule has 2 N–H and O–H groups in total. The molecule has 0 fully saturated rings. The minimum atomic E-state index is -0.111. The van der Waals surface area contributed by atoms with Gasteiger partial charge in [0.1, 0.15) is 6.61 Å². The van der Waals surface area contributed by atoms with Gasteiger partial charge in [-0.15, -0.1) is 0 Å². The number of esters is 1. The number of carbonyl (C=O) groups is 1. The van der Waals surface area contributed by atoms with Crippen molar-refractivity contribution in [2.75, 3.05) is 13.2 Å². The summed E-state index contributed by atoms with van der Waals surface area (Å²) in [4.78, 5) is 11.2. The zero-order valence-electron chi connectivity index (χ0n) is 15.1. The van der Waals surface area contributed by atoms with Crippen molar-refractivity contribution in [3.8, 4) is 0 Å². The van der Waals surface area contributed by atoms with Gasteiger partial charge in [0, 0.05) is 13.0 Å². The molecule has 0 aliphatic rings. The topological polar surface area (TPSA) is 52.3 Å². The number of hydrogen-bond acceptors (Lipinski definition) is 3. The lowest BCUT2D eigenvalue weighted by atomic mass is 10.1. The molecule has 3 heteroatoms. The van der Waals surface area contributed by atoms with E-state index in [0.717, 1.165) is 19.3 Å². The van der Waals surface area contributed by atoms with Gasteiger partial charge in [-0.1, -0.05) is 69.8 Å². The smallest absolute Gasteiger partial charge is 0.305 e. The number of ether oxygens (including phenoxy) is 1. The third kappa shape index (κ3) is 18.9. The second kappa shape index (κ2) is 19.0. The highest BCUT2D eigenvalue weighted by atomic mass is 16.5. The SMILES string of the molecule is CCCCCC/C=C/C=C/CCCCCCCC(=O)OCCN. The van der Waals surface area contributed by atoms with Crippen LogP contribution in [0.2, 0.25) is 0 Å². The summed E-state index contributed by atoms with van der Waals surface area (Å²) >= 11 is 0. The van der Waals surface area contributed by atoms with Crippen LogP contribution in [-0.2, 0) is 9.53 Å². The van der Waals surface area contributed by atoms with Crippen LogP contribution in [0.5, 0.6) is 0 Å². The monoisotopic (exact) mass is 323 g/mol. The second-order valence-electron chi connectivity index (χ2n) is 6.02. The summed E-state index contributed by atoms with van der Waals surface area (Å²) < 4.78 is 4.93. The normalized spacial score (nSPS) is 11.6. The molecule has 0 aromatic rings. The number of rotatable bonds is 16. The van der Waals surface area contributed by atoms with Crippen molar-refractivity contribution < 1.29 is 9.53 Å². The highest BCUT2D eigenvalue weighted by Gasteiger charge is 2.01. The van der Waals surface area contributed by atoms with Crippen LogP contribution < -0.4 is 5.73 Å². The maximum atomic E-state index is 11.2. The van der Waals surface area contributed by atoms with E-state index < -0.39 is 0 Å². The third-order valence-corrected chi connectivity index (χ3v) is 3.74. The van der Waals surface area contributed by atoms with E-state index in [9.17, 15) is 4.79 Å². The van der Waals surface area contributed by atoms with Gasteiger partial charge < -0.3 is 10.5 Å². The average Bonchev–Trinajstić information content (AvgIpc) is 2.56. The molecule has 0 aliphatic carbocycles. The fraction of sp³-hybridized carbons (Fsp3) is 0.750. The molecule has 0 saturated heterocycles. The molecule has 0 saturated carbocycles. The van der Waals surface area contributed by atoms with Crippen molar-refractivity contribution in [1.29, 1.82) is 0 Å². The predicted molar refractivity (Wildman–Crippen MR) is 99.4 cm³/mol. The van der Waals surface area contributed by atoms with Crippen LogP contribution in [-0.4, -0.2) is 19.1 Å². The van der Waals surface area contributed by atoms with Gasteiger partial charge in [-0.05, 0) is 32.1 Å². The van der Waals surface area contributed by atoms with Crippen molar-refractivity contribution >= 4 is 5.97 Å². The molecule has 134 valence electrons. The predicted octanol–water partition coefficient (Wildman–Crippen LogP) is 5.30. The number of hydrogen-bond donors (Lipinski definition) is 1. The molecule has 23 heavy (non-hydrogen) atoms. The first-order valence-electron chi connectivity index (χ1n) is 9.48. The Morgan fingerprint density at radius 1 is 0.870 bits per heavy atom. The van der Waals surface area contributed by atoms with E-state index in [1.165, 1.54) is 51.4 Å². The first-order valence-corrected chi connectivity index (χ1v) is 9.48. The lowest BCUT2D eigenvalue weighted by molar-refractivity contribution is -0.143. The quantitative estimate of drug-likeness (QED) is 0.238. The summed E-state index contributed by atoms with van der Waals surface area (Å²) in [6, 6.07) is 0. The standard InChI is InChI=1S/C20H37NO2/c1-2-3-4-5-6-7-8-9-10-11-12-13-14-15-16-17-20(22)23-19-18-21/h7-10H,2-6,11-19,21H2,1H3/b8-7+,10-9+. The molecule has 0 unspecified atom stereocenters. The first-order chi connectivity index (χ1) is 11.3. The van der Waals surface area contributed by atoms with Gasteiger partial charge in [-0.25, -0.2) is 0 Å². The van der Waals surface area contributed by atoms with E-state index >= 15 is 0 Å². The maximum Gasteiger partial charge on any atom is 0.305 e. The largest absolute Gasteiger partial charge is 0.464 e. The highest BCUT2D eigenvalue weighted by molar-refractivity contribution is 5.69. The molecular weight excluding hydrogens is 286 g/mol. The summed E-state index contributed by atoms with van der Waals surface area (Å²) in [5, 5.41) is 0. The van der Waals surface area contributed by atoms with Crippen LogP contribution >= 0.6 is 0 Å². The zero-order valence-corrected chi connectivity index (χ0v) is 15.1. The van der Waals surface area contributed by atoms with Crippen LogP contribution in [0.1, 0.15) is 84.0 Å². The molecule has 0 aromatic carbocycles. The van der Waals surface area contributed by atoms with Crippen molar-refractivity contribution in [2.45, 2.75) is 84.0 Å². The van der Waals surface area contributed by atoms with E-state index in [4.69, 9.17) is 10.5 Å². The summed E-state index contributed by atoms with van der Waals surface area (Å²) in [6.45, 7) is 3.00. The van der Waals surface area contributed by atoms with Crippen LogP contribution in [0.3, 0.4) is 0 Å². The van der Waals surface area contributed by atoms with Gasteiger partial charge in [-0.2, -0.15) is 0 Å². The average molecular weight is 324 g/mol. The molecule has 0 atom stereocenters. The van der Waals surface area contributed by atoms with Gasteiger partial charge in [0.2, 0.25) is 0 Å². The fourth-order valence-corrected chi connectivity index (χ4v) is 2.35. The molecule has 0 bridgehead atoms. The number of allylic oxidation sites excluding steroid dienone is 4. The lowest BCUT2D eigenvalue weighted by Crippen LogP contribution is -2.13. The summed E-state index contributed by atoms with van der Waals surface area (Å²) in [6.07, 6.45) is 22.8. The Morgan fingerprint density at radius 3 is 2.04 bits per heavy atom. The molecule has 0 aromatic heterocycles. The van der Waals surface area contributed by atoms with Crippen molar-refractivity contribution in [3.05, 3.63) is 24.3 Å². The van der Waals surface area contributed by atoms with Crippen LogP contribution in [0.15, 0.2) is 24.3 Å². The van der Waals surface area contributed by atoms with E-state index in [1.54, 1.807) is 0 Å². The van der Waals surface area contributed by atoms with Crippen LogP contribution in [0.25, 0.3) is 0 Å². The van der Waals surface area contributed by atoms with Crippen molar-refractivity contribution in [2.24, 2.45) is 5.73 Å². The Balaban J connectivity index is 3.24. The first kappa shape index (κ1) is 21.9. The van der Waals surface area contributed by atoms with Gasteiger partial charge in [0.15, 0.2) is 0 Å².